The number of nitrogens with two attached hydrogens (primary N) is 1. The molecule has 3 N–H and O–H groups in total. The highest BCUT2D eigenvalue weighted by atomic mass is 35.5. The molecule has 37 heavy (non-hydrogen) atoms. The molecule has 2 amide bonds. The highest BCUT2D eigenvalue weighted by Gasteiger charge is 2.29. The van der Waals surface area contributed by atoms with Crippen LogP contribution in [-0.4, -0.2) is 35.5 Å². The summed E-state index contributed by atoms with van der Waals surface area (Å²) in [7, 11) is 1.53. The van der Waals surface area contributed by atoms with Gasteiger partial charge in [0.2, 0.25) is 6.79 Å². The number of aryl methyl sites for hydroxylation is 1. The number of benzene rings is 3. The number of nitrogens with one attached hydrogen (secondary N) is 1. The van der Waals surface area contributed by atoms with Crippen molar-refractivity contribution in [1.29, 1.82) is 0 Å². The number of ether oxygens (including phenoxy) is 3. The molecule has 0 saturated carbocycles. The van der Waals surface area contributed by atoms with Gasteiger partial charge in [0, 0.05) is 22.9 Å². The average molecular weight is 517 g/mol. The fourth-order valence-corrected chi connectivity index (χ4v) is 4.98. The molecule has 3 aromatic carbocycles. The predicted molar refractivity (Wildman–Crippen MR) is 137 cm³/mol. The van der Waals surface area contributed by atoms with E-state index in [2.05, 4.69) is 10.4 Å². The van der Waals surface area contributed by atoms with E-state index in [0.717, 1.165) is 22.4 Å². The van der Waals surface area contributed by atoms with Crippen molar-refractivity contribution in [3.63, 3.8) is 0 Å². The number of anilines is 1. The molecule has 10 heteroatoms. The molecule has 1 aliphatic heterocycles. The van der Waals surface area contributed by atoms with Gasteiger partial charge < -0.3 is 25.3 Å². The smallest absolute Gasteiger partial charge is 0.269 e. The quantitative estimate of drug-likeness (QED) is 0.406. The number of aromatic nitrogens is 2. The number of rotatable bonds is 5. The number of nitrogens with zero attached hydrogens (tertiary/aromatic N) is 2. The summed E-state index contributed by atoms with van der Waals surface area (Å²) in [5.41, 5.74) is 10.9. The van der Waals surface area contributed by atoms with E-state index in [9.17, 15) is 9.59 Å². The Balaban J connectivity index is 1.42. The maximum absolute atomic E-state index is 13.0. The summed E-state index contributed by atoms with van der Waals surface area (Å²) >= 11 is 6.30. The molecule has 0 unspecified atom stereocenters. The zero-order chi connectivity index (χ0) is 25.7. The van der Waals surface area contributed by atoms with Crippen LogP contribution in [0.3, 0.4) is 0 Å². The van der Waals surface area contributed by atoms with Gasteiger partial charge in [0.25, 0.3) is 11.8 Å². The molecule has 6 rings (SSSR count). The number of halogens is 1. The Hall–Kier alpha value is -4.50. The highest BCUT2D eigenvalue weighted by molar-refractivity contribution is 6.34. The van der Waals surface area contributed by atoms with Gasteiger partial charge in [-0.3, -0.25) is 9.59 Å². The zero-order valence-corrected chi connectivity index (χ0v) is 20.5. The number of fused-ring (bicyclic) bond motifs is 4. The number of carbonyl (C=O) groups excluding carboxylic acids is 2. The van der Waals surface area contributed by atoms with Gasteiger partial charge in [0.1, 0.15) is 5.75 Å². The van der Waals surface area contributed by atoms with E-state index in [-0.39, 0.29) is 23.4 Å². The highest BCUT2D eigenvalue weighted by Crippen LogP contribution is 2.40. The molecule has 0 saturated heterocycles. The molecule has 186 valence electrons. The summed E-state index contributed by atoms with van der Waals surface area (Å²) in [5.74, 6) is 0.840. The Morgan fingerprint density at radius 3 is 2.68 bits per heavy atom. The molecule has 1 aliphatic carbocycles. The zero-order valence-electron chi connectivity index (χ0n) is 19.7. The standard InChI is InChI=1S/C27H21ClN4O5/c1-35-17-6-8-18(21(28)12-17)27(34)30-15-4-2-14-3-7-19-24(26(29)33)31-32(25(19)20(14)10-15)16-5-9-22-23(11-16)37-13-36-22/h2,4-6,8-12H,3,7,13H2,1H3,(H2,29,33)(H,30,34). The van der Waals surface area contributed by atoms with E-state index >= 15 is 0 Å². The average Bonchev–Trinajstić information content (AvgIpc) is 3.53. The fraction of sp³-hybridized carbons (Fsp3) is 0.148. The number of amides is 2. The van der Waals surface area contributed by atoms with E-state index in [1.807, 2.05) is 30.3 Å². The molecular formula is C27H21ClN4O5. The predicted octanol–water partition coefficient (Wildman–Crippen LogP) is 4.38. The lowest BCUT2D eigenvalue weighted by atomic mass is 9.88. The van der Waals surface area contributed by atoms with Crippen LogP contribution < -0.4 is 25.3 Å². The first-order valence-corrected chi connectivity index (χ1v) is 11.9. The normalized spacial score (nSPS) is 13.0. The second-order valence-corrected chi connectivity index (χ2v) is 9.07. The Morgan fingerprint density at radius 2 is 1.89 bits per heavy atom. The summed E-state index contributed by atoms with van der Waals surface area (Å²) in [5, 5.41) is 7.78. The molecule has 0 atom stereocenters. The van der Waals surface area contributed by atoms with E-state index in [1.54, 1.807) is 28.9 Å². The van der Waals surface area contributed by atoms with Crippen LogP contribution in [0.4, 0.5) is 5.69 Å². The van der Waals surface area contributed by atoms with Gasteiger partial charge in [-0.15, -0.1) is 0 Å². The van der Waals surface area contributed by atoms with Crippen molar-refractivity contribution in [3.8, 4) is 34.2 Å². The maximum Gasteiger partial charge on any atom is 0.269 e. The number of hydrogen-bond donors (Lipinski definition) is 2. The number of methoxy groups -OCH3 is 1. The summed E-state index contributed by atoms with van der Waals surface area (Å²) in [4.78, 5) is 25.3. The van der Waals surface area contributed by atoms with Crippen LogP contribution in [0.2, 0.25) is 5.02 Å². The minimum atomic E-state index is -0.599. The third-order valence-corrected chi connectivity index (χ3v) is 6.82. The Bertz CT molecular complexity index is 1600. The lowest BCUT2D eigenvalue weighted by molar-refractivity contribution is 0.0992. The largest absolute Gasteiger partial charge is 0.497 e. The first kappa shape index (κ1) is 22.9. The van der Waals surface area contributed by atoms with Crippen molar-refractivity contribution >= 4 is 29.1 Å². The molecule has 1 aromatic heterocycles. The second-order valence-electron chi connectivity index (χ2n) is 8.66. The summed E-state index contributed by atoms with van der Waals surface area (Å²) < 4.78 is 17.8. The van der Waals surface area contributed by atoms with Gasteiger partial charge >= 0.3 is 0 Å². The van der Waals surface area contributed by atoms with Crippen molar-refractivity contribution < 1.29 is 23.8 Å². The van der Waals surface area contributed by atoms with Crippen LogP contribution in [0.25, 0.3) is 16.9 Å². The van der Waals surface area contributed by atoms with Crippen molar-refractivity contribution in [3.05, 3.63) is 82.0 Å². The second kappa shape index (κ2) is 8.86. The van der Waals surface area contributed by atoms with Crippen molar-refractivity contribution in [2.24, 2.45) is 5.73 Å². The van der Waals surface area contributed by atoms with Gasteiger partial charge in [-0.25, -0.2) is 4.68 Å². The third-order valence-electron chi connectivity index (χ3n) is 6.51. The first-order valence-electron chi connectivity index (χ1n) is 11.5. The Kier molecular flexibility index (Phi) is 5.49. The summed E-state index contributed by atoms with van der Waals surface area (Å²) in [6, 6.07) is 16.0. The van der Waals surface area contributed by atoms with E-state index in [0.29, 0.717) is 47.0 Å². The lowest BCUT2D eigenvalue weighted by Gasteiger charge is -2.20. The summed E-state index contributed by atoms with van der Waals surface area (Å²) in [6.07, 6.45) is 1.31. The fourth-order valence-electron chi connectivity index (χ4n) is 4.72. The van der Waals surface area contributed by atoms with E-state index in [4.69, 9.17) is 31.5 Å². The Morgan fingerprint density at radius 1 is 1.05 bits per heavy atom. The Labute approximate surface area is 216 Å². The minimum Gasteiger partial charge on any atom is -0.497 e. The maximum atomic E-state index is 13.0. The molecule has 0 spiro atoms. The van der Waals surface area contributed by atoms with E-state index < -0.39 is 5.91 Å². The van der Waals surface area contributed by atoms with Crippen LogP contribution in [-0.2, 0) is 12.8 Å². The van der Waals surface area contributed by atoms with Gasteiger partial charge in [0.05, 0.1) is 29.1 Å². The van der Waals surface area contributed by atoms with Crippen molar-refractivity contribution in [2.75, 3.05) is 19.2 Å². The van der Waals surface area contributed by atoms with Crippen molar-refractivity contribution in [2.45, 2.75) is 12.8 Å². The van der Waals surface area contributed by atoms with Crippen LogP contribution in [0.15, 0.2) is 54.6 Å². The minimum absolute atomic E-state index is 0.145. The topological polar surface area (TPSA) is 118 Å². The first-order chi connectivity index (χ1) is 17.9. The molecule has 2 aliphatic rings. The van der Waals surface area contributed by atoms with Gasteiger partial charge in [-0.05, 0) is 60.9 Å². The van der Waals surface area contributed by atoms with Crippen LogP contribution in [0, 0.1) is 0 Å². The van der Waals surface area contributed by atoms with Gasteiger partial charge in [-0.2, -0.15) is 5.10 Å². The van der Waals surface area contributed by atoms with Crippen molar-refractivity contribution in [1.82, 2.24) is 9.78 Å². The molecule has 0 radical (unpaired) electrons. The van der Waals surface area contributed by atoms with Gasteiger partial charge in [-0.1, -0.05) is 17.7 Å². The van der Waals surface area contributed by atoms with Crippen LogP contribution in [0.1, 0.15) is 32.0 Å². The number of carbonyl (C=O) groups is 2. The molecule has 0 fully saturated rings. The lowest BCUT2D eigenvalue weighted by Crippen LogP contribution is -2.15. The van der Waals surface area contributed by atoms with E-state index in [1.165, 1.54) is 7.11 Å². The summed E-state index contributed by atoms with van der Waals surface area (Å²) in [6.45, 7) is 0.145. The molecule has 9 nitrogen and oxygen atoms in total. The molecule has 0 bridgehead atoms. The van der Waals surface area contributed by atoms with Crippen LogP contribution >= 0.6 is 11.6 Å². The molecular weight excluding hydrogens is 496 g/mol. The SMILES string of the molecule is COc1ccc(C(=O)Nc2ccc3c(c2)-c2c(c(C(N)=O)nn2-c2ccc4c(c2)OCO4)CC3)c(Cl)c1. The number of hydrogen-bond acceptors (Lipinski definition) is 6. The third kappa shape index (κ3) is 3.93. The van der Waals surface area contributed by atoms with Crippen LogP contribution in [0.5, 0.6) is 17.2 Å². The monoisotopic (exact) mass is 516 g/mol. The molecule has 4 aromatic rings. The number of primary amides is 1. The molecule has 2 heterocycles. The van der Waals surface area contributed by atoms with Gasteiger partial charge in [0.15, 0.2) is 17.2 Å².